The fraction of sp³-hybridized carbons (Fsp3) is 0.588. The van der Waals surface area contributed by atoms with Gasteiger partial charge in [-0.2, -0.15) is 4.80 Å². The van der Waals surface area contributed by atoms with Gasteiger partial charge in [-0.3, -0.25) is 0 Å². The summed E-state index contributed by atoms with van der Waals surface area (Å²) in [6.07, 6.45) is 8.36. The van der Waals surface area contributed by atoms with Gasteiger partial charge in [0.1, 0.15) is 5.75 Å². The van der Waals surface area contributed by atoms with Crippen LogP contribution in [-0.4, -0.2) is 37.0 Å². The molecule has 0 saturated heterocycles. The van der Waals surface area contributed by atoms with Crippen molar-refractivity contribution in [2.45, 2.75) is 57.9 Å². The topological polar surface area (TPSA) is 84.1 Å². The van der Waals surface area contributed by atoms with Gasteiger partial charge in [0.15, 0.2) is 5.82 Å². The Kier molecular flexibility index (Phi) is 5.23. The molecule has 1 aromatic carbocycles. The van der Waals surface area contributed by atoms with Crippen molar-refractivity contribution >= 4 is 0 Å². The molecule has 0 radical (unpaired) electrons. The maximum Gasteiger partial charge on any atom is 0.174 e. The lowest BCUT2D eigenvalue weighted by atomic mass is 9.86. The van der Waals surface area contributed by atoms with Gasteiger partial charge in [-0.25, -0.2) is 0 Å². The molecule has 23 heavy (non-hydrogen) atoms. The van der Waals surface area contributed by atoms with Gasteiger partial charge in [-0.05, 0) is 72.9 Å². The second kappa shape index (κ2) is 7.55. The number of aromatic hydroxyl groups is 1. The molecule has 0 atom stereocenters. The Bertz CT molecular complexity index is 654. The minimum absolute atomic E-state index is 0.0220. The van der Waals surface area contributed by atoms with Crippen LogP contribution in [0, 0.1) is 0 Å². The van der Waals surface area contributed by atoms with Crippen molar-refractivity contribution < 1.29 is 10.2 Å². The molecule has 0 spiro atoms. The summed E-state index contributed by atoms with van der Waals surface area (Å²) in [6.45, 7) is 0.408. The molecule has 0 amide bonds. The first kappa shape index (κ1) is 15.9. The Morgan fingerprint density at radius 1 is 1.09 bits per heavy atom. The van der Waals surface area contributed by atoms with E-state index in [0.717, 1.165) is 49.9 Å². The lowest BCUT2D eigenvalue weighted by Gasteiger charge is -2.20. The molecule has 0 saturated carbocycles. The van der Waals surface area contributed by atoms with Crippen LogP contribution in [0.15, 0.2) is 12.1 Å². The number of hydrogen-bond donors (Lipinski definition) is 2. The average Bonchev–Trinajstić information content (AvgIpc) is 3.01. The molecule has 0 fully saturated rings. The molecular formula is C17H24N4O2. The van der Waals surface area contributed by atoms with Gasteiger partial charge in [0, 0.05) is 6.42 Å². The van der Waals surface area contributed by atoms with Crippen LogP contribution in [0.1, 0.15) is 48.2 Å². The van der Waals surface area contributed by atoms with Gasteiger partial charge in [-0.15, -0.1) is 10.2 Å². The number of hydrogen-bond acceptors (Lipinski definition) is 5. The smallest absolute Gasteiger partial charge is 0.174 e. The molecule has 6 heteroatoms. The average molecular weight is 316 g/mol. The summed E-state index contributed by atoms with van der Waals surface area (Å²) in [5.74, 6) is 1.16. The molecule has 3 rings (SSSR count). The second-order valence-electron chi connectivity index (χ2n) is 6.14. The number of fused-ring (bicyclic) bond motifs is 1. The Labute approximate surface area is 136 Å². The van der Waals surface area contributed by atoms with Crippen LogP contribution in [0.5, 0.6) is 5.75 Å². The second-order valence-corrected chi connectivity index (χ2v) is 6.14. The van der Waals surface area contributed by atoms with Crippen LogP contribution >= 0.6 is 0 Å². The van der Waals surface area contributed by atoms with E-state index in [4.69, 9.17) is 5.11 Å². The van der Waals surface area contributed by atoms with E-state index in [-0.39, 0.29) is 6.61 Å². The number of aliphatic hydroxyl groups excluding tert-OH is 1. The number of aliphatic hydroxyl groups is 1. The SMILES string of the molecule is OCCn1nnc(CCCCc2c(O)ccc3c2CCCC3)n1. The highest BCUT2D eigenvalue weighted by atomic mass is 16.3. The summed E-state index contributed by atoms with van der Waals surface area (Å²) in [5, 5.41) is 31.1. The van der Waals surface area contributed by atoms with E-state index in [1.807, 2.05) is 6.07 Å². The van der Waals surface area contributed by atoms with Crippen molar-refractivity contribution in [3.63, 3.8) is 0 Å². The van der Waals surface area contributed by atoms with Gasteiger partial charge in [0.05, 0.1) is 13.2 Å². The number of nitrogens with zero attached hydrogens (tertiary/aromatic N) is 4. The summed E-state index contributed by atoms with van der Waals surface area (Å²) in [6, 6.07) is 3.93. The standard InChI is InChI=1S/C17H24N4O2/c22-12-11-21-19-17(18-20-21)8-4-3-7-15-14-6-2-1-5-13(14)9-10-16(15)23/h9-10,22-23H,1-8,11-12H2. The minimum atomic E-state index is 0.0220. The molecule has 2 N–H and O–H groups in total. The lowest BCUT2D eigenvalue weighted by molar-refractivity contribution is 0.259. The zero-order chi connectivity index (χ0) is 16.1. The van der Waals surface area contributed by atoms with Gasteiger partial charge in [-0.1, -0.05) is 6.07 Å². The molecule has 1 heterocycles. The van der Waals surface area contributed by atoms with Crippen molar-refractivity contribution in [1.82, 2.24) is 20.2 Å². The third kappa shape index (κ3) is 3.88. The van der Waals surface area contributed by atoms with Crippen LogP contribution in [0.2, 0.25) is 0 Å². The fourth-order valence-corrected chi connectivity index (χ4v) is 3.32. The van der Waals surface area contributed by atoms with Gasteiger partial charge in [0.25, 0.3) is 0 Å². The Morgan fingerprint density at radius 3 is 2.78 bits per heavy atom. The summed E-state index contributed by atoms with van der Waals surface area (Å²) < 4.78 is 0. The predicted octanol–water partition coefficient (Wildman–Crippen LogP) is 1.82. The van der Waals surface area contributed by atoms with E-state index in [9.17, 15) is 5.11 Å². The highest BCUT2D eigenvalue weighted by Gasteiger charge is 2.16. The predicted molar refractivity (Wildman–Crippen MR) is 86.3 cm³/mol. The number of benzene rings is 1. The van der Waals surface area contributed by atoms with Crippen molar-refractivity contribution in [2.75, 3.05) is 6.61 Å². The maximum absolute atomic E-state index is 10.2. The van der Waals surface area contributed by atoms with Crippen molar-refractivity contribution in [2.24, 2.45) is 0 Å². The van der Waals surface area contributed by atoms with Gasteiger partial charge in [0.2, 0.25) is 0 Å². The Balaban J connectivity index is 1.54. The fourth-order valence-electron chi connectivity index (χ4n) is 3.32. The molecule has 0 aliphatic heterocycles. The molecule has 0 unspecified atom stereocenters. The molecule has 124 valence electrons. The molecule has 6 nitrogen and oxygen atoms in total. The van der Waals surface area contributed by atoms with E-state index in [2.05, 4.69) is 21.5 Å². The number of rotatable bonds is 7. The zero-order valence-electron chi connectivity index (χ0n) is 13.4. The Morgan fingerprint density at radius 2 is 1.91 bits per heavy atom. The molecule has 0 bridgehead atoms. The summed E-state index contributed by atoms with van der Waals surface area (Å²) in [7, 11) is 0. The molecule has 1 aliphatic rings. The van der Waals surface area contributed by atoms with Crippen molar-refractivity contribution in [3.05, 3.63) is 34.6 Å². The molecule has 2 aromatic rings. The first-order chi connectivity index (χ1) is 11.3. The van der Waals surface area contributed by atoms with Gasteiger partial charge < -0.3 is 10.2 Å². The number of tetrazole rings is 1. The summed E-state index contributed by atoms with van der Waals surface area (Å²) >= 11 is 0. The van der Waals surface area contributed by atoms with Crippen LogP contribution in [0.3, 0.4) is 0 Å². The number of aromatic nitrogens is 4. The maximum atomic E-state index is 10.2. The summed E-state index contributed by atoms with van der Waals surface area (Å²) in [4.78, 5) is 1.43. The third-order valence-corrected chi connectivity index (χ3v) is 4.50. The first-order valence-electron chi connectivity index (χ1n) is 8.48. The zero-order valence-corrected chi connectivity index (χ0v) is 13.4. The lowest BCUT2D eigenvalue weighted by Crippen LogP contribution is -2.07. The quantitative estimate of drug-likeness (QED) is 0.761. The molecular weight excluding hydrogens is 292 g/mol. The Hall–Kier alpha value is -1.95. The van der Waals surface area contributed by atoms with Crippen molar-refractivity contribution in [1.29, 1.82) is 0 Å². The number of phenols is 1. The van der Waals surface area contributed by atoms with Crippen LogP contribution < -0.4 is 0 Å². The van der Waals surface area contributed by atoms with E-state index < -0.39 is 0 Å². The van der Waals surface area contributed by atoms with Crippen molar-refractivity contribution in [3.8, 4) is 5.75 Å². The summed E-state index contributed by atoms with van der Waals surface area (Å²) in [5.41, 5.74) is 3.93. The number of unbranched alkanes of at least 4 members (excludes halogenated alkanes) is 1. The van der Waals surface area contributed by atoms with Crippen LogP contribution in [-0.2, 0) is 32.2 Å². The molecule has 1 aliphatic carbocycles. The van der Waals surface area contributed by atoms with E-state index in [0.29, 0.717) is 12.3 Å². The highest BCUT2D eigenvalue weighted by Crippen LogP contribution is 2.31. The van der Waals surface area contributed by atoms with E-state index in [1.54, 1.807) is 0 Å². The minimum Gasteiger partial charge on any atom is -0.508 e. The van der Waals surface area contributed by atoms with Crippen LogP contribution in [0.4, 0.5) is 0 Å². The molecule has 1 aromatic heterocycles. The van der Waals surface area contributed by atoms with E-state index in [1.165, 1.54) is 28.8 Å². The largest absolute Gasteiger partial charge is 0.508 e. The van der Waals surface area contributed by atoms with Crippen LogP contribution in [0.25, 0.3) is 0 Å². The highest BCUT2D eigenvalue weighted by molar-refractivity contribution is 5.45. The number of phenolic OH excluding ortho intramolecular Hbond substituents is 1. The van der Waals surface area contributed by atoms with Gasteiger partial charge >= 0.3 is 0 Å². The third-order valence-electron chi connectivity index (χ3n) is 4.50. The first-order valence-corrected chi connectivity index (χ1v) is 8.48. The normalized spacial score (nSPS) is 14.0. The van der Waals surface area contributed by atoms with E-state index >= 15 is 0 Å². The number of aryl methyl sites for hydroxylation is 2. The monoisotopic (exact) mass is 316 g/mol.